The van der Waals surface area contributed by atoms with E-state index < -0.39 is 0 Å². The number of rotatable bonds is 1. The molecule has 0 fully saturated rings. The van der Waals surface area contributed by atoms with Crippen LogP contribution in [0, 0.1) is 6.92 Å². The number of nitrogens with zero attached hydrogens (tertiary/aromatic N) is 2. The van der Waals surface area contributed by atoms with E-state index in [0.29, 0.717) is 5.02 Å². The van der Waals surface area contributed by atoms with E-state index in [9.17, 15) is 0 Å². The Morgan fingerprint density at radius 2 is 2.23 bits per heavy atom. The minimum absolute atomic E-state index is 0.642. The summed E-state index contributed by atoms with van der Waals surface area (Å²) in [4.78, 5) is 8.34. The molecule has 66 valence electrons. The second-order valence-electron chi connectivity index (χ2n) is 2.64. The highest BCUT2D eigenvalue weighted by atomic mass is 35.5. The van der Waals surface area contributed by atoms with Gasteiger partial charge in [-0.25, -0.2) is 4.98 Å². The van der Waals surface area contributed by atoms with E-state index >= 15 is 0 Å². The predicted octanol–water partition coefficient (Wildman–Crippen LogP) is 3.17. The monoisotopic (exact) mass is 210 g/mol. The molecule has 0 spiro atoms. The minimum atomic E-state index is 0.642. The van der Waals surface area contributed by atoms with Crippen molar-refractivity contribution in [1.82, 2.24) is 9.97 Å². The first-order valence-corrected chi connectivity index (χ1v) is 5.04. The van der Waals surface area contributed by atoms with Crippen LogP contribution in [0.15, 0.2) is 23.8 Å². The summed E-state index contributed by atoms with van der Waals surface area (Å²) in [6.07, 6.45) is 3.38. The van der Waals surface area contributed by atoms with Gasteiger partial charge in [0, 0.05) is 23.3 Å². The summed E-state index contributed by atoms with van der Waals surface area (Å²) in [5, 5.41) is 3.70. The van der Waals surface area contributed by atoms with Crippen LogP contribution in [0.5, 0.6) is 0 Å². The molecule has 2 nitrogen and oxygen atoms in total. The highest BCUT2D eigenvalue weighted by molar-refractivity contribution is 7.09. The first-order chi connectivity index (χ1) is 6.25. The Labute approximate surface area is 85.2 Å². The van der Waals surface area contributed by atoms with Crippen molar-refractivity contribution in [2.45, 2.75) is 6.92 Å². The molecule has 0 saturated heterocycles. The van der Waals surface area contributed by atoms with E-state index in [-0.39, 0.29) is 0 Å². The molecule has 13 heavy (non-hydrogen) atoms. The van der Waals surface area contributed by atoms with Gasteiger partial charge in [0.1, 0.15) is 0 Å². The average molecular weight is 211 g/mol. The highest BCUT2D eigenvalue weighted by Gasteiger charge is 2.02. The lowest BCUT2D eigenvalue weighted by Crippen LogP contribution is -1.80. The molecule has 2 heterocycles. The highest BCUT2D eigenvalue weighted by Crippen LogP contribution is 2.22. The Bertz CT molecular complexity index is 425. The van der Waals surface area contributed by atoms with Crippen molar-refractivity contribution in [3.05, 3.63) is 33.9 Å². The van der Waals surface area contributed by atoms with Crippen LogP contribution in [-0.2, 0) is 0 Å². The predicted molar refractivity (Wildman–Crippen MR) is 55.1 cm³/mol. The molecule has 2 rings (SSSR count). The molecule has 0 atom stereocenters. The molecule has 0 bridgehead atoms. The SMILES string of the molecule is Cc1nc(-c2cncc(Cl)c2)cs1. The van der Waals surface area contributed by atoms with Crippen LogP contribution < -0.4 is 0 Å². The Morgan fingerprint density at radius 3 is 2.85 bits per heavy atom. The lowest BCUT2D eigenvalue weighted by molar-refractivity contribution is 1.27. The first-order valence-electron chi connectivity index (χ1n) is 3.79. The lowest BCUT2D eigenvalue weighted by atomic mass is 10.2. The molecule has 0 amide bonds. The number of aromatic nitrogens is 2. The zero-order valence-electron chi connectivity index (χ0n) is 6.99. The summed E-state index contributed by atoms with van der Waals surface area (Å²) in [7, 11) is 0. The van der Waals surface area contributed by atoms with Crippen molar-refractivity contribution in [2.75, 3.05) is 0 Å². The van der Waals surface area contributed by atoms with Crippen LogP contribution in [0.2, 0.25) is 5.02 Å². The molecule has 4 heteroatoms. The van der Waals surface area contributed by atoms with Gasteiger partial charge in [0.05, 0.1) is 15.7 Å². The van der Waals surface area contributed by atoms with E-state index in [1.165, 1.54) is 0 Å². The fraction of sp³-hybridized carbons (Fsp3) is 0.111. The normalized spacial score (nSPS) is 10.3. The summed E-state index contributed by atoms with van der Waals surface area (Å²) in [6.45, 7) is 1.98. The fourth-order valence-corrected chi connectivity index (χ4v) is 1.84. The van der Waals surface area contributed by atoms with Gasteiger partial charge in [-0.2, -0.15) is 0 Å². The number of hydrogen-bond acceptors (Lipinski definition) is 3. The maximum Gasteiger partial charge on any atom is 0.0901 e. The molecular weight excluding hydrogens is 204 g/mol. The third-order valence-electron chi connectivity index (χ3n) is 1.62. The number of pyridine rings is 1. The van der Waals surface area contributed by atoms with Gasteiger partial charge in [-0.1, -0.05) is 11.6 Å². The van der Waals surface area contributed by atoms with Gasteiger partial charge in [0.2, 0.25) is 0 Å². The van der Waals surface area contributed by atoms with Crippen LogP contribution in [0.1, 0.15) is 5.01 Å². The van der Waals surface area contributed by atoms with E-state index in [4.69, 9.17) is 11.6 Å². The summed E-state index contributed by atoms with van der Waals surface area (Å²) in [5.74, 6) is 0. The van der Waals surface area contributed by atoms with Crippen LogP contribution in [0.3, 0.4) is 0 Å². The molecule has 2 aromatic rings. The molecule has 0 aromatic carbocycles. The van der Waals surface area contributed by atoms with Crippen LogP contribution in [0.4, 0.5) is 0 Å². The van der Waals surface area contributed by atoms with Gasteiger partial charge in [0.25, 0.3) is 0 Å². The topological polar surface area (TPSA) is 25.8 Å². The van der Waals surface area contributed by atoms with E-state index in [1.54, 1.807) is 23.7 Å². The molecule has 0 aliphatic carbocycles. The van der Waals surface area contributed by atoms with E-state index in [2.05, 4.69) is 9.97 Å². The summed E-state index contributed by atoms with van der Waals surface area (Å²) in [6, 6.07) is 1.86. The smallest absolute Gasteiger partial charge is 0.0901 e. The van der Waals surface area contributed by atoms with Crippen molar-refractivity contribution in [2.24, 2.45) is 0 Å². The van der Waals surface area contributed by atoms with E-state index in [0.717, 1.165) is 16.3 Å². The van der Waals surface area contributed by atoms with Gasteiger partial charge in [-0.05, 0) is 13.0 Å². The number of thiazole rings is 1. The maximum atomic E-state index is 5.81. The van der Waals surface area contributed by atoms with Crippen molar-refractivity contribution in [3.63, 3.8) is 0 Å². The van der Waals surface area contributed by atoms with Crippen LogP contribution in [-0.4, -0.2) is 9.97 Å². The first kappa shape index (κ1) is 8.66. The van der Waals surface area contributed by atoms with Gasteiger partial charge >= 0.3 is 0 Å². The zero-order chi connectivity index (χ0) is 9.26. The maximum absolute atomic E-state index is 5.81. The number of halogens is 1. The van der Waals surface area contributed by atoms with Crippen molar-refractivity contribution in [1.29, 1.82) is 0 Å². The molecule has 0 N–H and O–H groups in total. The van der Waals surface area contributed by atoms with Gasteiger partial charge in [0.15, 0.2) is 0 Å². The summed E-state index contributed by atoms with van der Waals surface area (Å²) >= 11 is 7.44. The van der Waals surface area contributed by atoms with Crippen molar-refractivity contribution in [3.8, 4) is 11.3 Å². The van der Waals surface area contributed by atoms with Crippen molar-refractivity contribution < 1.29 is 0 Å². The average Bonchev–Trinajstić information content (AvgIpc) is 2.52. The molecule has 0 unspecified atom stereocenters. The van der Waals surface area contributed by atoms with E-state index in [1.807, 2.05) is 18.4 Å². The zero-order valence-corrected chi connectivity index (χ0v) is 8.56. The Balaban J connectivity index is 2.46. The third kappa shape index (κ3) is 1.87. The Morgan fingerprint density at radius 1 is 1.38 bits per heavy atom. The summed E-state index contributed by atoms with van der Waals surface area (Å²) < 4.78 is 0. The number of aryl methyl sites for hydroxylation is 1. The molecule has 0 aliphatic heterocycles. The quantitative estimate of drug-likeness (QED) is 0.723. The van der Waals surface area contributed by atoms with Gasteiger partial charge in [-0.3, -0.25) is 4.98 Å². The minimum Gasteiger partial charge on any atom is -0.262 e. The van der Waals surface area contributed by atoms with Crippen molar-refractivity contribution >= 4 is 22.9 Å². The molecule has 0 aliphatic rings. The third-order valence-corrected chi connectivity index (χ3v) is 2.60. The molecular formula is C9H7ClN2S. The van der Waals surface area contributed by atoms with Crippen LogP contribution in [0.25, 0.3) is 11.3 Å². The largest absolute Gasteiger partial charge is 0.262 e. The standard InChI is InChI=1S/C9H7ClN2S/c1-6-12-9(5-13-6)7-2-8(10)4-11-3-7/h2-5H,1H3. The number of hydrogen-bond donors (Lipinski definition) is 0. The molecule has 0 radical (unpaired) electrons. The second kappa shape index (κ2) is 3.44. The lowest BCUT2D eigenvalue weighted by Gasteiger charge is -1.95. The fourth-order valence-electron chi connectivity index (χ4n) is 1.05. The Kier molecular flexibility index (Phi) is 2.29. The second-order valence-corrected chi connectivity index (χ2v) is 4.14. The Hall–Kier alpha value is -0.930. The summed E-state index contributed by atoms with van der Waals surface area (Å²) in [5.41, 5.74) is 1.91. The van der Waals surface area contributed by atoms with Crippen LogP contribution >= 0.6 is 22.9 Å². The molecule has 2 aromatic heterocycles. The van der Waals surface area contributed by atoms with Gasteiger partial charge in [-0.15, -0.1) is 11.3 Å². The van der Waals surface area contributed by atoms with Gasteiger partial charge < -0.3 is 0 Å². The molecule has 0 saturated carbocycles.